The van der Waals surface area contributed by atoms with Crippen molar-refractivity contribution in [1.29, 1.82) is 5.26 Å². The second-order valence-corrected chi connectivity index (χ2v) is 5.40. The van der Waals surface area contributed by atoms with Gasteiger partial charge in [0.25, 0.3) is 0 Å². The van der Waals surface area contributed by atoms with Crippen molar-refractivity contribution in [3.63, 3.8) is 0 Å². The van der Waals surface area contributed by atoms with Gasteiger partial charge in [0.1, 0.15) is 5.54 Å². The average molecular weight is 274 g/mol. The number of hydrogen-bond acceptors (Lipinski definition) is 3. The molecule has 0 aliphatic rings. The highest BCUT2D eigenvalue weighted by atomic mass is 16.5. The van der Waals surface area contributed by atoms with Crippen LogP contribution in [0.1, 0.15) is 45.6 Å². The maximum absolute atomic E-state index is 9.71. The number of ether oxygens (including phenoxy) is 1. The van der Waals surface area contributed by atoms with E-state index >= 15 is 0 Å². The molecule has 0 radical (unpaired) electrons. The van der Waals surface area contributed by atoms with Gasteiger partial charge in [-0.25, -0.2) is 0 Å². The standard InChI is InChI=1S/C17H26N2O/c1-4-5-12-20-13-11-17(14-18,19-15(2)3)16-9-7-6-8-10-16/h6-10,15,19H,4-5,11-13H2,1-3H3. The molecule has 0 heterocycles. The third-order valence-corrected chi connectivity index (χ3v) is 3.26. The van der Waals surface area contributed by atoms with E-state index in [1.165, 1.54) is 0 Å². The Balaban J connectivity index is 2.76. The smallest absolute Gasteiger partial charge is 0.134 e. The number of nitrogens with zero attached hydrogens (tertiary/aromatic N) is 1. The summed E-state index contributed by atoms with van der Waals surface area (Å²) in [7, 11) is 0. The minimum Gasteiger partial charge on any atom is -0.381 e. The molecule has 0 saturated heterocycles. The molecule has 0 bridgehead atoms. The molecular formula is C17H26N2O. The summed E-state index contributed by atoms with van der Waals surface area (Å²) in [5, 5.41) is 13.1. The van der Waals surface area contributed by atoms with Crippen molar-refractivity contribution < 1.29 is 4.74 Å². The van der Waals surface area contributed by atoms with E-state index in [9.17, 15) is 5.26 Å². The van der Waals surface area contributed by atoms with Gasteiger partial charge >= 0.3 is 0 Å². The molecule has 0 fully saturated rings. The lowest BCUT2D eigenvalue weighted by molar-refractivity contribution is 0.111. The Morgan fingerprint density at radius 2 is 1.95 bits per heavy atom. The molecule has 1 atom stereocenters. The van der Waals surface area contributed by atoms with E-state index in [4.69, 9.17) is 4.74 Å². The molecule has 0 aliphatic heterocycles. The van der Waals surface area contributed by atoms with Crippen molar-refractivity contribution in [2.75, 3.05) is 13.2 Å². The molecule has 0 aromatic heterocycles. The van der Waals surface area contributed by atoms with Crippen LogP contribution in [0.4, 0.5) is 0 Å². The molecule has 1 aromatic carbocycles. The van der Waals surface area contributed by atoms with Crippen LogP contribution in [0.5, 0.6) is 0 Å². The van der Waals surface area contributed by atoms with Gasteiger partial charge < -0.3 is 4.74 Å². The van der Waals surface area contributed by atoms with Crippen molar-refractivity contribution in [3.05, 3.63) is 35.9 Å². The van der Waals surface area contributed by atoms with Gasteiger partial charge in [-0.15, -0.1) is 0 Å². The van der Waals surface area contributed by atoms with Crippen molar-refractivity contribution in [2.45, 2.75) is 51.6 Å². The largest absolute Gasteiger partial charge is 0.381 e. The zero-order chi connectivity index (χ0) is 14.8. The molecule has 0 spiro atoms. The van der Waals surface area contributed by atoms with Crippen LogP contribution >= 0.6 is 0 Å². The lowest BCUT2D eigenvalue weighted by atomic mass is 9.87. The second kappa shape index (κ2) is 8.73. The van der Waals surface area contributed by atoms with Gasteiger partial charge in [-0.2, -0.15) is 5.26 Å². The van der Waals surface area contributed by atoms with Gasteiger partial charge in [-0.3, -0.25) is 5.32 Å². The monoisotopic (exact) mass is 274 g/mol. The molecule has 1 unspecified atom stereocenters. The fraction of sp³-hybridized carbons (Fsp3) is 0.588. The Labute approximate surface area is 123 Å². The van der Waals surface area contributed by atoms with Crippen LogP contribution < -0.4 is 5.32 Å². The summed E-state index contributed by atoms with van der Waals surface area (Å²) in [4.78, 5) is 0. The summed E-state index contributed by atoms with van der Waals surface area (Å²) >= 11 is 0. The maximum atomic E-state index is 9.71. The average Bonchev–Trinajstić information content (AvgIpc) is 2.46. The maximum Gasteiger partial charge on any atom is 0.134 e. The number of nitrogens with one attached hydrogen (secondary N) is 1. The highest BCUT2D eigenvalue weighted by Crippen LogP contribution is 2.25. The lowest BCUT2D eigenvalue weighted by Gasteiger charge is -2.30. The number of unbranched alkanes of at least 4 members (excludes halogenated alkanes) is 1. The summed E-state index contributed by atoms with van der Waals surface area (Å²) in [6.07, 6.45) is 2.87. The predicted molar refractivity (Wildman–Crippen MR) is 82.3 cm³/mol. The zero-order valence-electron chi connectivity index (χ0n) is 12.9. The van der Waals surface area contributed by atoms with Crippen molar-refractivity contribution in [2.24, 2.45) is 0 Å². The first kappa shape index (κ1) is 16.7. The molecule has 1 N–H and O–H groups in total. The number of rotatable bonds is 9. The summed E-state index contributed by atoms with van der Waals surface area (Å²) in [5.74, 6) is 0. The van der Waals surface area contributed by atoms with Crippen LogP contribution in [0, 0.1) is 11.3 Å². The van der Waals surface area contributed by atoms with E-state index in [1.54, 1.807) is 0 Å². The van der Waals surface area contributed by atoms with Gasteiger partial charge in [-0.05, 0) is 25.8 Å². The predicted octanol–water partition coefficient (Wildman–Crippen LogP) is 3.61. The molecule has 3 nitrogen and oxygen atoms in total. The molecule has 20 heavy (non-hydrogen) atoms. The minimum atomic E-state index is -0.665. The Morgan fingerprint density at radius 1 is 1.25 bits per heavy atom. The van der Waals surface area contributed by atoms with Gasteiger partial charge in [0.15, 0.2) is 0 Å². The summed E-state index contributed by atoms with van der Waals surface area (Å²) < 4.78 is 5.64. The molecule has 1 rings (SSSR count). The van der Waals surface area contributed by atoms with Gasteiger partial charge in [-0.1, -0.05) is 43.7 Å². The molecular weight excluding hydrogens is 248 g/mol. The van der Waals surface area contributed by atoms with Crippen molar-refractivity contribution >= 4 is 0 Å². The first-order valence-electron chi connectivity index (χ1n) is 7.47. The normalized spacial score (nSPS) is 13.9. The first-order valence-corrected chi connectivity index (χ1v) is 7.47. The molecule has 0 saturated carbocycles. The van der Waals surface area contributed by atoms with Crippen LogP contribution in [0.3, 0.4) is 0 Å². The third kappa shape index (κ3) is 4.96. The van der Waals surface area contributed by atoms with Gasteiger partial charge in [0.05, 0.1) is 6.07 Å². The van der Waals surface area contributed by atoms with E-state index in [0.29, 0.717) is 13.0 Å². The highest BCUT2D eigenvalue weighted by Gasteiger charge is 2.32. The quantitative estimate of drug-likeness (QED) is 0.700. The Kier molecular flexibility index (Phi) is 7.28. The number of hydrogen-bond donors (Lipinski definition) is 1. The van der Waals surface area contributed by atoms with Gasteiger partial charge in [0.2, 0.25) is 0 Å². The van der Waals surface area contributed by atoms with Crippen molar-refractivity contribution in [3.8, 4) is 6.07 Å². The number of nitriles is 1. The van der Waals surface area contributed by atoms with Crippen LogP contribution in [-0.4, -0.2) is 19.3 Å². The summed E-state index contributed by atoms with van der Waals surface area (Å²) in [5.41, 5.74) is 0.344. The Morgan fingerprint density at radius 3 is 2.50 bits per heavy atom. The Hall–Kier alpha value is -1.37. The summed E-state index contributed by atoms with van der Waals surface area (Å²) in [6.45, 7) is 7.64. The fourth-order valence-electron chi connectivity index (χ4n) is 2.24. The van der Waals surface area contributed by atoms with E-state index in [1.807, 2.05) is 30.3 Å². The van der Waals surface area contributed by atoms with Crippen LogP contribution in [0.2, 0.25) is 0 Å². The highest BCUT2D eigenvalue weighted by molar-refractivity contribution is 5.31. The van der Waals surface area contributed by atoms with Crippen LogP contribution in [-0.2, 0) is 10.3 Å². The van der Waals surface area contributed by atoms with Crippen LogP contribution in [0.15, 0.2) is 30.3 Å². The zero-order valence-corrected chi connectivity index (χ0v) is 12.9. The lowest BCUT2D eigenvalue weighted by Crippen LogP contribution is -2.45. The van der Waals surface area contributed by atoms with E-state index < -0.39 is 5.54 Å². The molecule has 3 heteroatoms. The van der Waals surface area contributed by atoms with E-state index in [-0.39, 0.29) is 6.04 Å². The SMILES string of the molecule is CCCCOCCC(C#N)(NC(C)C)c1ccccc1. The molecule has 0 amide bonds. The minimum absolute atomic E-state index is 0.241. The van der Waals surface area contributed by atoms with Crippen LogP contribution in [0.25, 0.3) is 0 Å². The second-order valence-electron chi connectivity index (χ2n) is 5.40. The molecule has 110 valence electrons. The van der Waals surface area contributed by atoms with E-state index in [0.717, 1.165) is 25.0 Å². The molecule has 0 aliphatic carbocycles. The fourth-order valence-corrected chi connectivity index (χ4v) is 2.24. The Bertz CT molecular complexity index is 411. The summed E-state index contributed by atoms with van der Waals surface area (Å²) in [6, 6.07) is 12.6. The van der Waals surface area contributed by atoms with E-state index in [2.05, 4.69) is 32.2 Å². The topological polar surface area (TPSA) is 45.0 Å². The third-order valence-electron chi connectivity index (χ3n) is 3.26. The molecule has 1 aromatic rings. The number of benzene rings is 1. The first-order chi connectivity index (χ1) is 9.64. The van der Waals surface area contributed by atoms with Gasteiger partial charge in [0, 0.05) is 25.7 Å². The van der Waals surface area contributed by atoms with Crippen molar-refractivity contribution in [1.82, 2.24) is 5.32 Å².